The predicted octanol–water partition coefficient (Wildman–Crippen LogP) is 14.1. The van der Waals surface area contributed by atoms with E-state index in [0.29, 0.717) is 0 Å². The van der Waals surface area contributed by atoms with E-state index in [1.165, 1.54) is 76.5 Å². The summed E-state index contributed by atoms with van der Waals surface area (Å²) in [5.74, 6) is 0. The standard InChI is InChI=1S/C53H35N/c1-2-20-42(21-3-1)53(47-25-9-17-39-29-30-40-18-10-26-48(53)52(40)51(39)47)43-22-8-19-41(35-43)36-31-33-44(34-32-36)54(49-27-11-15-37-13-4-6-23-45(37)49)50-28-12-16-38-14-5-7-24-46(38)50/h1-35H. The van der Waals surface area contributed by atoms with E-state index in [2.05, 4.69) is 217 Å². The number of hydrogen-bond donors (Lipinski definition) is 0. The lowest BCUT2D eigenvalue weighted by molar-refractivity contribution is 0.772. The molecule has 252 valence electrons. The highest BCUT2D eigenvalue weighted by Crippen LogP contribution is 2.56. The van der Waals surface area contributed by atoms with Crippen molar-refractivity contribution >= 4 is 60.2 Å². The lowest BCUT2D eigenvalue weighted by Gasteiger charge is -2.34. The number of anilines is 3. The summed E-state index contributed by atoms with van der Waals surface area (Å²) in [5.41, 5.74) is 10.7. The Morgan fingerprint density at radius 1 is 0.315 bits per heavy atom. The smallest absolute Gasteiger partial charge is 0.0714 e. The molecule has 0 atom stereocenters. The molecule has 0 spiro atoms. The topological polar surface area (TPSA) is 3.24 Å². The molecule has 1 aliphatic rings. The van der Waals surface area contributed by atoms with Crippen molar-refractivity contribution in [2.75, 3.05) is 4.90 Å². The highest BCUT2D eigenvalue weighted by Gasteiger charge is 2.44. The minimum Gasteiger partial charge on any atom is -0.309 e. The van der Waals surface area contributed by atoms with E-state index in [9.17, 15) is 0 Å². The molecule has 0 heterocycles. The van der Waals surface area contributed by atoms with Gasteiger partial charge in [0.1, 0.15) is 0 Å². The van der Waals surface area contributed by atoms with Crippen molar-refractivity contribution < 1.29 is 0 Å². The van der Waals surface area contributed by atoms with Crippen molar-refractivity contribution in [3.8, 4) is 11.1 Å². The van der Waals surface area contributed by atoms with Gasteiger partial charge in [0.05, 0.1) is 16.8 Å². The van der Waals surface area contributed by atoms with Gasteiger partial charge in [-0.15, -0.1) is 0 Å². The van der Waals surface area contributed by atoms with E-state index in [1.807, 2.05) is 0 Å². The van der Waals surface area contributed by atoms with Gasteiger partial charge in [-0.2, -0.15) is 0 Å². The molecular weight excluding hydrogens is 651 g/mol. The van der Waals surface area contributed by atoms with Crippen LogP contribution < -0.4 is 4.90 Å². The third-order valence-corrected chi connectivity index (χ3v) is 11.7. The molecule has 0 saturated carbocycles. The zero-order valence-electron chi connectivity index (χ0n) is 29.7. The Hall–Kier alpha value is -6.96. The summed E-state index contributed by atoms with van der Waals surface area (Å²) >= 11 is 0. The number of nitrogens with zero attached hydrogens (tertiary/aromatic N) is 1. The molecule has 1 heteroatoms. The van der Waals surface area contributed by atoms with E-state index < -0.39 is 5.41 Å². The van der Waals surface area contributed by atoms with Crippen LogP contribution in [-0.4, -0.2) is 0 Å². The number of benzene rings is 10. The molecule has 1 aliphatic carbocycles. The molecular formula is C53H35N. The first-order chi connectivity index (χ1) is 26.8. The van der Waals surface area contributed by atoms with Gasteiger partial charge in [0.15, 0.2) is 0 Å². The maximum Gasteiger partial charge on any atom is 0.0714 e. The summed E-state index contributed by atoms with van der Waals surface area (Å²) in [6, 6.07) is 78.3. The minimum atomic E-state index is -0.445. The Morgan fingerprint density at radius 2 is 0.796 bits per heavy atom. The van der Waals surface area contributed by atoms with Crippen LogP contribution in [0.5, 0.6) is 0 Å². The molecule has 0 aromatic heterocycles. The molecule has 0 unspecified atom stereocenters. The number of fused-ring (bicyclic) bond motifs is 2. The predicted molar refractivity (Wildman–Crippen MR) is 228 cm³/mol. The van der Waals surface area contributed by atoms with Crippen LogP contribution in [0, 0.1) is 0 Å². The average molecular weight is 686 g/mol. The first-order valence-corrected chi connectivity index (χ1v) is 18.8. The van der Waals surface area contributed by atoms with Gasteiger partial charge in [0.25, 0.3) is 0 Å². The first-order valence-electron chi connectivity index (χ1n) is 18.8. The Balaban J connectivity index is 1.08. The van der Waals surface area contributed by atoms with Gasteiger partial charge in [0.2, 0.25) is 0 Å². The van der Waals surface area contributed by atoms with Gasteiger partial charge in [0, 0.05) is 16.5 Å². The summed E-state index contributed by atoms with van der Waals surface area (Å²) in [6.45, 7) is 0. The van der Waals surface area contributed by atoms with E-state index in [0.717, 1.165) is 17.1 Å². The molecule has 10 aromatic carbocycles. The van der Waals surface area contributed by atoms with E-state index in [1.54, 1.807) is 0 Å². The Bertz CT molecular complexity index is 2900. The van der Waals surface area contributed by atoms with Crippen LogP contribution in [0.4, 0.5) is 17.1 Å². The fraction of sp³-hybridized carbons (Fsp3) is 0.0189. The van der Waals surface area contributed by atoms with Crippen LogP contribution in [0.15, 0.2) is 212 Å². The molecule has 1 nitrogen and oxygen atoms in total. The van der Waals surface area contributed by atoms with Crippen molar-refractivity contribution in [1.29, 1.82) is 0 Å². The van der Waals surface area contributed by atoms with Crippen molar-refractivity contribution in [3.05, 3.63) is 235 Å². The van der Waals surface area contributed by atoms with Crippen molar-refractivity contribution in [3.63, 3.8) is 0 Å². The van der Waals surface area contributed by atoms with E-state index in [4.69, 9.17) is 0 Å². The molecule has 0 saturated heterocycles. The summed E-state index contributed by atoms with van der Waals surface area (Å²) in [5, 5.41) is 10.2. The SMILES string of the molecule is c1ccc(C2(c3cccc(-c4ccc(N(c5cccc6ccccc56)c5cccc6ccccc56)cc4)c3)c3cccc4ccc5cccc2c5c34)cc1. The normalized spacial score (nSPS) is 13.0. The summed E-state index contributed by atoms with van der Waals surface area (Å²) in [6.07, 6.45) is 0. The fourth-order valence-electron chi connectivity index (χ4n) is 9.35. The Kier molecular flexibility index (Phi) is 6.84. The Labute approximate surface area is 315 Å². The third-order valence-electron chi connectivity index (χ3n) is 11.7. The van der Waals surface area contributed by atoms with Gasteiger partial charge in [-0.3, -0.25) is 0 Å². The zero-order chi connectivity index (χ0) is 35.6. The largest absolute Gasteiger partial charge is 0.309 e. The first kappa shape index (κ1) is 30.6. The van der Waals surface area contributed by atoms with Crippen LogP contribution in [0.3, 0.4) is 0 Å². The maximum absolute atomic E-state index is 2.43. The average Bonchev–Trinajstić information content (AvgIpc) is 3.56. The lowest BCUT2D eigenvalue weighted by atomic mass is 9.67. The molecule has 10 aromatic rings. The second-order valence-corrected chi connectivity index (χ2v) is 14.4. The molecule has 0 N–H and O–H groups in total. The number of rotatable bonds is 6. The monoisotopic (exact) mass is 685 g/mol. The van der Waals surface area contributed by atoms with Gasteiger partial charge < -0.3 is 4.90 Å². The van der Waals surface area contributed by atoms with E-state index >= 15 is 0 Å². The van der Waals surface area contributed by atoms with Gasteiger partial charge in [-0.25, -0.2) is 0 Å². The lowest BCUT2D eigenvalue weighted by Crippen LogP contribution is -2.28. The maximum atomic E-state index is 2.43. The fourth-order valence-corrected chi connectivity index (χ4v) is 9.35. The second-order valence-electron chi connectivity index (χ2n) is 14.4. The highest BCUT2D eigenvalue weighted by molar-refractivity contribution is 6.16. The van der Waals surface area contributed by atoms with Crippen LogP contribution in [0.2, 0.25) is 0 Å². The Morgan fingerprint density at radius 3 is 1.41 bits per heavy atom. The van der Waals surface area contributed by atoms with Crippen molar-refractivity contribution in [2.45, 2.75) is 5.41 Å². The van der Waals surface area contributed by atoms with Gasteiger partial charge in [-0.05, 0) is 96.0 Å². The summed E-state index contributed by atoms with van der Waals surface area (Å²) in [7, 11) is 0. The molecule has 11 rings (SSSR count). The minimum absolute atomic E-state index is 0.445. The van der Waals surface area contributed by atoms with Crippen LogP contribution in [0.25, 0.3) is 54.2 Å². The third kappa shape index (κ3) is 4.45. The van der Waals surface area contributed by atoms with Crippen LogP contribution >= 0.6 is 0 Å². The molecule has 0 amide bonds. The van der Waals surface area contributed by atoms with Gasteiger partial charge in [-0.1, -0.05) is 182 Å². The quantitative estimate of drug-likeness (QED) is 0.158. The molecule has 0 fully saturated rings. The number of hydrogen-bond acceptors (Lipinski definition) is 1. The second kappa shape index (κ2) is 12.0. The van der Waals surface area contributed by atoms with Crippen LogP contribution in [-0.2, 0) is 5.41 Å². The van der Waals surface area contributed by atoms with Crippen molar-refractivity contribution in [2.24, 2.45) is 0 Å². The summed E-state index contributed by atoms with van der Waals surface area (Å²) < 4.78 is 0. The van der Waals surface area contributed by atoms with E-state index in [-0.39, 0.29) is 0 Å². The summed E-state index contributed by atoms with van der Waals surface area (Å²) in [4.78, 5) is 2.42. The molecule has 0 radical (unpaired) electrons. The highest BCUT2D eigenvalue weighted by atomic mass is 15.1. The van der Waals surface area contributed by atoms with Crippen molar-refractivity contribution in [1.82, 2.24) is 0 Å². The molecule has 54 heavy (non-hydrogen) atoms. The molecule has 0 bridgehead atoms. The van der Waals surface area contributed by atoms with Crippen LogP contribution in [0.1, 0.15) is 22.3 Å². The molecule has 0 aliphatic heterocycles. The van der Waals surface area contributed by atoms with Gasteiger partial charge >= 0.3 is 0 Å². The zero-order valence-corrected chi connectivity index (χ0v) is 29.7.